The zero-order chi connectivity index (χ0) is 19.9. The van der Waals surface area contributed by atoms with Crippen LogP contribution >= 0.6 is 0 Å². The number of para-hydroxylation sites is 1. The van der Waals surface area contributed by atoms with Crippen molar-refractivity contribution in [3.8, 4) is 0 Å². The number of hydrogen-bond donors (Lipinski definition) is 1. The van der Waals surface area contributed by atoms with E-state index in [1.165, 1.54) is 0 Å². The van der Waals surface area contributed by atoms with Gasteiger partial charge in [-0.2, -0.15) is 0 Å². The molecule has 0 unspecified atom stereocenters. The van der Waals surface area contributed by atoms with Gasteiger partial charge in [-0.1, -0.05) is 18.2 Å². The minimum atomic E-state index is 0.0150. The van der Waals surface area contributed by atoms with Crippen LogP contribution in [0.25, 0.3) is 0 Å². The van der Waals surface area contributed by atoms with E-state index in [0.29, 0.717) is 12.6 Å². The van der Waals surface area contributed by atoms with Crippen molar-refractivity contribution in [2.75, 3.05) is 38.3 Å². The third kappa shape index (κ3) is 5.25. The zero-order valence-corrected chi connectivity index (χ0v) is 17.1. The maximum atomic E-state index is 13.0. The van der Waals surface area contributed by atoms with E-state index < -0.39 is 0 Å². The van der Waals surface area contributed by atoms with Crippen molar-refractivity contribution in [1.82, 2.24) is 10.2 Å². The van der Waals surface area contributed by atoms with Gasteiger partial charge in [-0.3, -0.25) is 9.59 Å². The van der Waals surface area contributed by atoms with Gasteiger partial charge in [-0.15, -0.1) is 0 Å². The van der Waals surface area contributed by atoms with Gasteiger partial charge in [0.05, 0.1) is 6.54 Å². The largest absolute Gasteiger partial charge is 0.381 e. The highest BCUT2D eigenvalue weighted by Gasteiger charge is 2.35. The Kier molecular flexibility index (Phi) is 7.31. The molecule has 1 aromatic rings. The molecule has 0 radical (unpaired) electrons. The molecular formula is C22H33N3O3. The third-order valence-corrected chi connectivity index (χ3v) is 5.98. The molecule has 2 aliphatic rings. The first-order valence-electron chi connectivity index (χ1n) is 10.5. The number of amides is 2. The number of rotatable bonds is 7. The van der Waals surface area contributed by atoms with E-state index in [2.05, 4.69) is 12.2 Å². The van der Waals surface area contributed by atoms with Crippen LogP contribution in [0.15, 0.2) is 30.3 Å². The molecule has 3 rings (SSSR count). The van der Waals surface area contributed by atoms with Gasteiger partial charge >= 0.3 is 0 Å². The highest BCUT2D eigenvalue weighted by atomic mass is 16.5. The van der Waals surface area contributed by atoms with Crippen LogP contribution in [0.2, 0.25) is 0 Å². The van der Waals surface area contributed by atoms with Crippen LogP contribution < -0.4 is 10.2 Å². The van der Waals surface area contributed by atoms with Crippen LogP contribution in [0.1, 0.15) is 39.0 Å². The van der Waals surface area contributed by atoms with Gasteiger partial charge in [-0.05, 0) is 51.2 Å². The second kappa shape index (κ2) is 9.92. The topological polar surface area (TPSA) is 61.9 Å². The van der Waals surface area contributed by atoms with Gasteiger partial charge in [0.1, 0.15) is 0 Å². The third-order valence-electron chi connectivity index (χ3n) is 5.98. The minimum absolute atomic E-state index is 0.0150. The molecule has 2 atom stereocenters. The summed E-state index contributed by atoms with van der Waals surface area (Å²) >= 11 is 0. The van der Waals surface area contributed by atoms with Gasteiger partial charge in [-0.25, -0.2) is 0 Å². The normalized spacial score (nSPS) is 22.6. The summed E-state index contributed by atoms with van der Waals surface area (Å²) in [6.45, 7) is 4.61. The second-order valence-electron chi connectivity index (χ2n) is 7.93. The quantitative estimate of drug-likeness (QED) is 0.781. The molecule has 1 saturated carbocycles. The molecule has 1 saturated heterocycles. The average Bonchev–Trinajstić information content (AvgIpc) is 3.18. The first-order valence-corrected chi connectivity index (χ1v) is 10.5. The lowest BCUT2D eigenvalue weighted by Gasteiger charge is -2.35. The summed E-state index contributed by atoms with van der Waals surface area (Å²) in [4.78, 5) is 29.5. The number of nitrogens with zero attached hydrogens (tertiary/aromatic N) is 2. The molecule has 1 heterocycles. The summed E-state index contributed by atoms with van der Waals surface area (Å²) < 4.78 is 5.43. The van der Waals surface area contributed by atoms with Gasteiger partial charge in [0.15, 0.2) is 0 Å². The average molecular weight is 388 g/mol. The van der Waals surface area contributed by atoms with Crippen LogP contribution in [0.3, 0.4) is 0 Å². The minimum Gasteiger partial charge on any atom is -0.381 e. The number of carbonyl (C=O) groups excluding carboxylic acids is 2. The van der Waals surface area contributed by atoms with Crippen LogP contribution in [0, 0.1) is 5.92 Å². The Morgan fingerprint density at radius 1 is 1.11 bits per heavy atom. The highest BCUT2D eigenvalue weighted by Crippen LogP contribution is 2.29. The van der Waals surface area contributed by atoms with E-state index in [-0.39, 0.29) is 23.8 Å². The molecule has 2 amide bonds. The summed E-state index contributed by atoms with van der Waals surface area (Å²) in [5, 5.41) is 3.13. The lowest BCUT2D eigenvalue weighted by atomic mass is 10.0. The summed E-state index contributed by atoms with van der Waals surface area (Å²) in [5.41, 5.74) is 1.02. The summed E-state index contributed by atoms with van der Waals surface area (Å²) in [6, 6.07) is 10.3. The highest BCUT2D eigenvalue weighted by molar-refractivity contribution is 5.82. The van der Waals surface area contributed by atoms with E-state index in [9.17, 15) is 9.59 Å². The van der Waals surface area contributed by atoms with Crippen LogP contribution in [-0.4, -0.2) is 62.1 Å². The van der Waals surface area contributed by atoms with Crippen LogP contribution in [-0.2, 0) is 14.3 Å². The van der Waals surface area contributed by atoms with Crippen molar-refractivity contribution >= 4 is 17.5 Å². The van der Waals surface area contributed by atoms with Crippen molar-refractivity contribution in [3.05, 3.63) is 30.3 Å². The smallest absolute Gasteiger partial charge is 0.239 e. The molecule has 2 fully saturated rings. The number of hydrogen-bond acceptors (Lipinski definition) is 4. The van der Waals surface area contributed by atoms with Gasteiger partial charge in [0, 0.05) is 50.5 Å². The lowest BCUT2D eigenvalue weighted by Crippen LogP contribution is -2.46. The van der Waals surface area contributed by atoms with E-state index in [1.807, 2.05) is 47.2 Å². The van der Waals surface area contributed by atoms with Crippen molar-refractivity contribution < 1.29 is 14.3 Å². The molecule has 28 heavy (non-hydrogen) atoms. The van der Waals surface area contributed by atoms with Crippen molar-refractivity contribution in [2.45, 2.75) is 51.1 Å². The van der Waals surface area contributed by atoms with E-state index in [4.69, 9.17) is 4.74 Å². The number of carbonyl (C=O) groups is 2. The van der Waals surface area contributed by atoms with Crippen molar-refractivity contribution in [2.24, 2.45) is 5.92 Å². The summed E-state index contributed by atoms with van der Waals surface area (Å²) in [7, 11) is 1.92. The van der Waals surface area contributed by atoms with Gasteiger partial charge in [0.2, 0.25) is 11.8 Å². The fourth-order valence-electron chi connectivity index (χ4n) is 4.42. The molecular weight excluding hydrogens is 354 g/mol. The van der Waals surface area contributed by atoms with E-state index in [0.717, 1.165) is 57.6 Å². The van der Waals surface area contributed by atoms with Crippen molar-refractivity contribution in [3.63, 3.8) is 0 Å². The predicted octanol–water partition coefficient (Wildman–Crippen LogP) is 2.44. The Morgan fingerprint density at radius 3 is 2.50 bits per heavy atom. The van der Waals surface area contributed by atoms with Crippen LogP contribution in [0.5, 0.6) is 0 Å². The molecule has 6 nitrogen and oxygen atoms in total. The number of nitrogens with one attached hydrogen (secondary N) is 1. The first kappa shape index (κ1) is 20.6. The number of benzene rings is 1. The molecule has 154 valence electrons. The van der Waals surface area contributed by atoms with E-state index >= 15 is 0 Å². The maximum Gasteiger partial charge on any atom is 0.239 e. The maximum absolute atomic E-state index is 13.0. The Labute approximate surface area is 168 Å². The molecule has 6 heteroatoms. The van der Waals surface area contributed by atoms with Gasteiger partial charge in [0.25, 0.3) is 0 Å². The zero-order valence-electron chi connectivity index (χ0n) is 17.1. The number of likely N-dealkylation sites (N-methyl/N-ethyl adjacent to an activating group) is 1. The fourth-order valence-corrected chi connectivity index (χ4v) is 4.42. The van der Waals surface area contributed by atoms with Gasteiger partial charge < -0.3 is 19.9 Å². The molecule has 1 aliphatic heterocycles. The Balaban J connectivity index is 1.47. The molecule has 1 N–H and O–H groups in total. The predicted molar refractivity (Wildman–Crippen MR) is 110 cm³/mol. The van der Waals surface area contributed by atoms with E-state index in [1.54, 1.807) is 0 Å². The Hall–Kier alpha value is -2.08. The number of anilines is 1. The fraction of sp³-hybridized carbons (Fsp3) is 0.636. The molecule has 1 aromatic carbocycles. The monoisotopic (exact) mass is 387 g/mol. The Morgan fingerprint density at radius 2 is 1.82 bits per heavy atom. The summed E-state index contributed by atoms with van der Waals surface area (Å²) in [6.07, 6.45) is 4.34. The molecule has 0 bridgehead atoms. The SMILES string of the molecule is CCN(C(=O)[C@@H]1CC[C@H](NC(=O)CN(C)c2ccccc2)C1)C1CCOCC1. The second-order valence-corrected chi connectivity index (χ2v) is 7.93. The Bertz CT molecular complexity index is 646. The van der Waals surface area contributed by atoms with Crippen molar-refractivity contribution in [1.29, 1.82) is 0 Å². The van der Waals surface area contributed by atoms with Crippen LogP contribution in [0.4, 0.5) is 5.69 Å². The number of ether oxygens (including phenoxy) is 1. The first-order chi connectivity index (χ1) is 13.6. The molecule has 0 spiro atoms. The summed E-state index contributed by atoms with van der Waals surface area (Å²) in [5.74, 6) is 0.300. The molecule has 0 aromatic heterocycles. The molecule has 1 aliphatic carbocycles. The lowest BCUT2D eigenvalue weighted by molar-refractivity contribution is -0.139. The standard InChI is InChI=1S/C22H33N3O3/c1-3-25(20-11-13-28-14-12-20)22(27)17-9-10-18(15-17)23-21(26)16-24(2)19-7-5-4-6-8-19/h4-8,17-18,20H,3,9-16H2,1-2H3,(H,23,26)/t17-,18+/m1/s1.